The number of nitrogens with one attached hydrogen (secondary N) is 1. The third-order valence-electron chi connectivity index (χ3n) is 2.73. The Labute approximate surface area is 129 Å². The largest absolute Gasteiger partial charge is 0.485 e. The fourth-order valence-electron chi connectivity index (χ4n) is 1.70. The van der Waals surface area contributed by atoms with Crippen LogP contribution in [-0.4, -0.2) is 11.0 Å². The number of halogens is 1. The number of thiazole rings is 1. The molecular formula is C15H19ClN2OS. The van der Waals surface area contributed by atoms with Gasteiger partial charge in [-0.25, -0.2) is 4.98 Å². The summed E-state index contributed by atoms with van der Waals surface area (Å²) in [5.41, 5.74) is 2.18. The fraction of sp³-hybridized carbons (Fsp3) is 0.400. The monoisotopic (exact) mass is 310 g/mol. The van der Waals surface area contributed by atoms with Crippen LogP contribution in [0.15, 0.2) is 23.6 Å². The molecule has 1 aromatic heterocycles. The van der Waals surface area contributed by atoms with Crippen molar-refractivity contribution in [2.24, 2.45) is 0 Å². The van der Waals surface area contributed by atoms with Gasteiger partial charge in [-0.05, 0) is 24.6 Å². The van der Waals surface area contributed by atoms with Crippen LogP contribution in [0.25, 0.3) is 0 Å². The summed E-state index contributed by atoms with van der Waals surface area (Å²) in [6, 6.07) is 6.35. The lowest BCUT2D eigenvalue weighted by atomic mass is 10.2. The number of hydrogen-bond acceptors (Lipinski definition) is 4. The molecule has 0 saturated carbocycles. The molecule has 1 heterocycles. The zero-order valence-electron chi connectivity index (χ0n) is 11.9. The first-order valence-corrected chi connectivity index (χ1v) is 7.86. The first kappa shape index (κ1) is 15.3. The third kappa shape index (κ3) is 4.47. The van der Waals surface area contributed by atoms with Crippen molar-refractivity contribution in [2.75, 3.05) is 0 Å². The van der Waals surface area contributed by atoms with Gasteiger partial charge < -0.3 is 10.1 Å². The molecule has 0 aliphatic heterocycles. The van der Waals surface area contributed by atoms with Crippen molar-refractivity contribution in [1.82, 2.24) is 10.3 Å². The average molecular weight is 311 g/mol. The summed E-state index contributed by atoms with van der Waals surface area (Å²) in [5, 5.41) is 6.98. The molecule has 2 rings (SSSR count). The minimum atomic E-state index is 0.456. The predicted octanol–water partition coefficient (Wildman–Crippen LogP) is 4.18. The molecule has 2 aromatic rings. The molecule has 5 heteroatoms. The van der Waals surface area contributed by atoms with E-state index in [1.165, 1.54) is 0 Å². The van der Waals surface area contributed by atoms with Gasteiger partial charge in [0.2, 0.25) is 0 Å². The van der Waals surface area contributed by atoms with E-state index in [0.717, 1.165) is 22.8 Å². The van der Waals surface area contributed by atoms with Crippen molar-refractivity contribution < 1.29 is 4.74 Å². The molecule has 1 aromatic carbocycles. The lowest BCUT2D eigenvalue weighted by Gasteiger charge is -2.11. The van der Waals surface area contributed by atoms with Crippen LogP contribution in [0.5, 0.6) is 5.75 Å². The van der Waals surface area contributed by atoms with Gasteiger partial charge >= 0.3 is 0 Å². The van der Waals surface area contributed by atoms with Crippen LogP contribution < -0.4 is 10.1 Å². The summed E-state index contributed by atoms with van der Waals surface area (Å²) in [7, 11) is 0. The van der Waals surface area contributed by atoms with E-state index in [-0.39, 0.29) is 0 Å². The van der Waals surface area contributed by atoms with Gasteiger partial charge in [0.1, 0.15) is 17.4 Å². The normalized spacial score (nSPS) is 11.1. The third-order valence-corrected chi connectivity index (χ3v) is 3.96. The molecule has 108 valence electrons. The Hall–Kier alpha value is -1.10. The maximum atomic E-state index is 6.25. The summed E-state index contributed by atoms with van der Waals surface area (Å²) < 4.78 is 5.71. The number of benzene rings is 1. The van der Waals surface area contributed by atoms with Gasteiger partial charge in [0, 0.05) is 23.7 Å². The van der Waals surface area contributed by atoms with E-state index in [4.69, 9.17) is 16.3 Å². The Morgan fingerprint density at radius 1 is 1.40 bits per heavy atom. The SMILES string of the molecule is Cc1csc(COc2ccc(CNC(C)C)cc2Cl)n1. The van der Waals surface area contributed by atoms with E-state index < -0.39 is 0 Å². The summed E-state index contributed by atoms with van der Waals surface area (Å²) in [5.74, 6) is 0.702. The van der Waals surface area contributed by atoms with Crippen LogP contribution in [0.1, 0.15) is 30.1 Å². The molecule has 20 heavy (non-hydrogen) atoms. The standard InChI is InChI=1S/C15H19ClN2OS/c1-10(2)17-7-12-4-5-14(13(16)6-12)19-8-15-18-11(3)9-20-15/h4-6,9-10,17H,7-8H2,1-3H3. The minimum absolute atomic E-state index is 0.456. The van der Waals surface area contributed by atoms with Crippen molar-refractivity contribution in [3.8, 4) is 5.75 Å². The van der Waals surface area contributed by atoms with Gasteiger partial charge in [0.15, 0.2) is 0 Å². The highest BCUT2D eigenvalue weighted by atomic mass is 35.5. The van der Waals surface area contributed by atoms with Crippen molar-refractivity contribution in [1.29, 1.82) is 0 Å². The number of aryl methyl sites for hydroxylation is 1. The van der Waals surface area contributed by atoms with Crippen LogP contribution in [0, 0.1) is 6.92 Å². The number of nitrogens with zero attached hydrogens (tertiary/aromatic N) is 1. The van der Waals surface area contributed by atoms with E-state index in [1.54, 1.807) is 11.3 Å². The van der Waals surface area contributed by atoms with Crippen LogP contribution >= 0.6 is 22.9 Å². The Morgan fingerprint density at radius 2 is 2.20 bits per heavy atom. The first-order chi connectivity index (χ1) is 9.54. The van der Waals surface area contributed by atoms with E-state index in [1.807, 2.05) is 30.5 Å². The smallest absolute Gasteiger partial charge is 0.140 e. The summed E-state index contributed by atoms with van der Waals surface area (Å²) >= 11 is 7.85. The van der Waals surface area contributed by atoms with Gasteiger partial charge in [0.25, 0.3) is 0 Å². The average Bonchev–Trinajstić information content (AvgIpc) is 2.81. The van der Waals surface area contributed by atoms with E-state index in [9.17, 15) is 0 Å². The molecule has 0 aliphatic carbocycles. The highest BCUT2D eigenvalue weighted by Gasteiger charge is 2.06. The van der Waals surface area contributed by atoms with Gasteiger partial charge in [0.05, 0.1) is 5.02 Å². The topological polar surface area (TPSA) is 34.1 Å². The molecule has 0 bridgehead atoms. The Bertz CT molecular complexity index is 569. The van der Waals surface area contributed by atoms with Crippen LogP contribution in [-0.2, 0) is 13.2 Å². The van der Waals surface area contributed by atoms with Crippen molar-refractivity contribution >= 4 is 22.9 Å². The number of rotatable bonds is 6. The first-order valence-electron chi connectivity index (χ1n) is 6.60. The van der Waals surface area contributed by atoms with E-state index >= 15 is 0 Å². The maximum Gasteiger partial charge on any atom is 0.140 e. The molecule has 0 radical (unpaired) electrons. The summed E-state index contributed by atoms with van der Waals surface area (Å²) in [6.07, 6.45) is 0. The van der Waals surface area contributed by atoms with Crippen molar-refractivity contribution in [2.45, 2.75) is 40.0 Å². The zero-order valence-corrected chi connectivity index (χ0v) is 13.5. The van der Waals surface area contributed by atoms with Gasteiger partial charge in [-0.3, -0.25) is 0 Å². The molecule has 0 unspecified atom stereocenters. The Kier molecular flexibility index (Phi) is 5.40. The second-order valence-electron chi connectivity index (χ2n) is 4.97. The van der Waals surface area contributed by atoms with Gasteiger partial charge in [-0.15, -0.1) is 11.3 Å². The van der Waals surface area contributed by atoms with Crippen molar-refractivity contribution in [3.63, 3.8) is 0 Å². The van der Waals surface area contributed by atoms with Crippen molar-refractivity contribution in [3.05, 3.63) is 44.9 Å². The zero-order chi connectivity index (χ0) is 14.5. The second-order valence-corrected chi connectivity index (χ2v) is 6.32. The van der Waals surface area contributed by atoms with Gasteiger partial charge in [-0.1, -0.05) is 31.5 Å². The lowest BCUT2D eigenvalue weighted by Crippen LogP contribution is -2.21. The highest BCUT2D eigenvalue weighted by Crippen LogP contribution is 2.26. The predicted molar refractivity (Wildman–Crippen MR) is 84.6 cm³/mol. The molecule has 0 atom stereocenters. The molecular weight excluding hydrogens is 292 g/mol. The summed E-state index contributed by atoms with van der Waals surface area (Å²) in [6.45, 7) is 7.48. The molecule has 0 aliphatic rings. The molecule has 1 N–H and O–H groups in total. The molecule has 3 nitrogen and oxygen atoms in total. The van der Waals surface area contributed by atoms with E-state index in [2.05, 4.69) is 24.1 Å². The minimum Gasteiger partial charge on any atom is -0.485 e. The molecule has 0 saturated heterocycles. The number of hydrogen-bond donors (Lipinski definition) is 1. The number of ether oxygens (including phenoxy) is 1. The molecule has 0 fully saturated rings. The Morgan fingerprint density at radius 3 is 2.80 bits per heavy atom. The maximum absolute atomic E-state index is 6.25. The highest BCUT2D eigenvalue weighted by molar-refractivity contribution is 7.09. The quantitative estimate of drug-likeness (QED) is 0.869. The fourth-order valence-corrected chi connectivity index (χ4v) is 2.64. The molecule has 0 amide bonds. The van der Waals surface area contributed by atoms with E-state index in [0.29, 0.717) is 23.4 Å². The number of aromatic nitrogens is 1. The lowest BCUT2D eigenvalue weighted by molar-refractivity contribution is 0.305. The van der Waals surface area contributed by atoms with Crippen LogP contribution in [0.4, 0.5) is 0 Å². The van der Waals surface area contributed by atoms with Crippen LogP contribution in [0.3, 0.4) is 0 Å². The second kappa shape index (κ2) is 7.07. The van der Waals surface area contributed by atoms with Crippen LogP contribution in [0.2, 0.25) is 5.02 Å². The summed E-state index contributed by atoms with van der Waals surface area (Å²) in [4.78, 5) is 4.36. The Balaban J connectivity index is 1.95. The van der Waals surface area contributed by atoms with Gasteiger partial charge in [-0.2, -0.15) is 0 Å². The molecule has 0 spiro atoms.